The van der Waals surface area contributed by atoms with Crippen LogP contribution >= 0.6 is 0 Å². The van der Waals surface area contributed by atoms with Crippen molar-refractivity contribution in [3.63, 3.8) is 0 Å². The number of hydrogen-bond acceptors (Lipinski definition) is 4. The lowest BCUT2D eigenvalue weighted by Crippen LogP contribution is -2.09. The number of aliphatic hydroxyl groups excluding tert-OH is 1. The molecule has 2 rings (SSSR count). The molecule has 0 saturated carbocycles. The molecule has 0 saturated heterocycles. The molecule has 1 aromatic heterocycles. The van der Waals surface area contributed by atoms with E-state index in [1.165, 1.54) is 0 Å². The lowest BCUT2D eigenvalue weighted by Gasteiger charge is -2.15. The Balaban J connectivity index is 2.32. The number of anilines is 1. The number of hydrogen-bond donors (Lipinski definition) is 2. The number of rotatable bonds is 2. The number of allylic oxidation sites excluding steroid dienone is 1. The van der Waals surface area contributed by atoms with Crippen LogP contribution in [0.2, 0.25) is 0 Å². The van der Waals surface area contributed by atoms with Gasteiger partial charge in [0.05, 0.1) is 0 Å². The molecule has 1 aliphatic carbocycles. The summed E-state index contributed by atoms with van der Waals surface area (Å²) < 4.78 is 0. The average Bonchev–Trinajstić information content (AvgIpc) is 2.64. The Bertz CT molecular complexity index is 405. The molecule has 0 unspecified atom stereocenters. The molecule has 0 radical (unpaired) electrons. The molecule has 4 nitrogen and oxygen atoms in total. The lowest BCUT2D eigenvalue weighted by molar-refractivity contribution is 0.249. The van der Waals surface area contributed by atoms with E-state index in [0.717, 1.165) is 23.4 Å². The molecular weight excluding hydrogens is 202 g/mol. The summed E-state index contributed by atoms with van der Waals surface area (Å²) >= 11 is 0. The maximum atomic E-state index is 9.11. The normalized spacial score (nSPS) is 23.9. The molecule has 0 spiro atoms. The highest BCUT2D eigenvalue weighted by Gasteiger charge is 2.23. The van der Waals surface area contributed by atoms with E-state index in [0.29, 0.717) is 11.9 Å². The van der Waals surface area contributed by atoms with Crippen molar-refractivity contribution < 1.29 is 5.11 Å². The number of nitrogens with two attached hydrogens (primary N) is 1. The monoisotopic (exact) mass is 219 g/mol. The number of nitrogen functional groups attached to an aromatic ring is 1. The molecule has 1 aliphatic rings. The average molecular weight is 219 g/mol. The molecule has 0 aliphatic heterocycles. The number of aryl methyl sites for hydroxylation is 2. The third kappa shape index (κ3) is 1.93. The predicted octanol–water partition coefficient (Wildman–Crippen LogP) is 1.33. The van der Waals surface area contributed by atoms with Gasteiger partial charge in [-0.2, -0.15) is 0 Å². The van der Waals surface area contributed by atoms with Crippen LogP contribution in [-0.4, -0.2) is 21.7 Å². The molecular formula is C12H17N3O. The van der Waals surface area contributed by atoms with Crippen molar-refractivity contribution in [3.05, 3.63) is 29.1 Å². The number of aromatic nitrogens is 2. The Morgan fingerprint density at radius 1 is 1.31 bits per heavy atom. The molecule has 2 atom stereocenters. The molecule has 1 aromatic rings. The summed E-state index contributed by atoms with van der Waals surface area (Å²) in [6, 6.07) is 0. The minimum absolute atomic E-state index is 0.209. The van der Waals surface area contributed by atoms with Gasteiger partial charge in [-0.05, 0) is 20.3 Å². The molecule has 1 heterocycles. The predicted molar refractivity (Wildman–Crippen MR) is 63.0 cm³/mol. The minimum Gasteiger partial charge on any atom is -0.396 e. The van der Waals surface area contributed by atoms with Crippen molar-refractivity contribution in [1.29, 1.82) is 0 Å². The second-order valence-electron chi connectivity index (χ2n) is 4.34. The van der Waals surface area contributed by atoms with Gasteiger partial charge in [-0.15, -0.1) is 0 Å². The number of nitrogens with zero attached hydrogens (tertiary/aromatic N) is 2. The van der Waals surface area contributed by atoms with Gasteiger partial charge >= 0.3 is 0 Å². The molecule has 86 valence electrons. The highest BCUT2D eigenvalue weighted by Crippen LogP contribution is 2.34. The fourth-order valence-corrected chi connectivity index (χ4v) is 2.41. The number of aliphatic hydroxyl groups is 1. The first-order valence-corrected chi connectivity index (χ1v) is 5.51. The third-order valence-electron chi connectivity index (χ3n) is 3.12. The van der Waals surface area contributed by atoms with Crippen LogP contribution in [-0.2, 0) is 0 Å². The van der Waals surface area contributed by atoms with Gasteiger partial charge in [-0.1, -0.05) is 12.2 Å². The molecule has 0 bridgehead atoms. The van der Waals surface area contributed by atoms with Crippen LogP contribution < -0.4 is 5.73 Å². The van der Waals surface area contributed by atoms with E-state index < -0.39 is 0 Å². The van der Waals surface area contributed by atoms with Crippen molar-refractivity contribution in [2.45, 2.75) is 26.2 Å². The second kappa shape index (κ2) is 4.22. The Labute approximate surface area is 95.2 Å². The first kappa shape index (κ1) is 11.1. The molecule has 4 heteroatoms. The Morgan fingerprint density at radius 3 is 2.44 bits per heavy atom. The van der Waals surface area contributed by atoms with Gasteiger partial charge in [0, 0.05) is 35.4 Å². The standard InChI is InChI=1S/C12H17N3O/c1-7-11(8(2)15-12(13)14-7)10-4-3-9(5-10)6-16/h3-4,9-10,16H,5-6H2,1-2H3,(H2,13,14,15)/t9-,10+/m1/s1. The smallest absolute Gasteiger partial charge is 0.220 e. The van der Waals surface area contributed by atoms with E-state index in [2.05, 4.69) is 22.1 Å². The van der Waals surface area contributed by atoms with Crippen molar-refractivity contribution in [2.24, 2.45) is 5.92 Å². The Morgan fingerprint density at radius 2 is 1.94 bits per heavy atom. The van der Waals surface area contributed by atoms with Gasteiger partial charge in [0.15, 0.2) is 0 Å². The molecule has 0 amide bonds. The zero-order valence-corrected chi connectivity index (χ0v) is 9.64. The summed E-state index contributed by atoms with van der Waals surface area (Å²) in [5.41, 5.74) is 8.64. The fourth-order valence-electron chi connectivity index (χ4n) is 2.41. The third-order valence-corrected chi connectivity index (χ3v) is 3.12. The molecule has 16 heavy (non-hydrogen) atoms. The Kier molecular flexibility index (Phi) is 2.92. The first-order valence-electron chi connectivity index (χ1n) is 5.51. The van der Waals surface area contributed by atoms with E-state index >= 15 is 0 Å². The highest BCUT2D eigenvalue weighted by atomic mass is 16.3. The van der Waals surface area contributed by atoms with Crippen LogP contribution in [0.15, 0.2) is 12.2 Å². The summed E-state index contributed by atoms with van der Waals surface area (Å²) in [6.07, 6.45) is 5.14. The lowest BCUT2D eigenvalue weighted by atomic mass is 9.93. The molecule has 0 fully saturated rings. The summed E-state index contributed by atoms with van der Waals surface area (Å²) in [5.74, 6) is 0.915. The topological polar surface area (TPSA) is 72.0 Å². The maximum Gasteiger partial charge on any atom is 0.220 e. The summed E-state index contributed by atoms with van der Waals surface area (Å²) in [7, 11) is 0. The van der Waals surface area contributed by atoms with Crippen LogP contribution in [0.1, 0.15) is 29.3 Å². The van der Waals surface area contributed by atoms with E-state index in [1.54, 1.807) is 0 Å². The molecule has 0 aromatic carbocycles. The van der Waals surface area contributed by atoms with Crippen LogP contribution in [0.4, 0.5) is 5.95 Å². The van der Waals surface area contributed by atoms with Gasteiger partial charge in [0.1, 0.15) is 0 Å². The van der Waals surface area contributed by atoms with Crippen LogP contribution in [0.5, 0.6) is 0 Å². The maximum absolute atomic E-state index is 9.11. The first-order chi connectivity index (χ1) is 7.61. The van der Waals surface area contributed by atoms with Gasteiger partial charge in [-0.25, -0.2) is 9.97 Å². The zero-order chi connectivity index (χ0) is 11.7. The van der Waals surface area contributed by atoms with E-state index in [4.69, 9.17) is 10.8 Å². The van der Waals surface area contributed by atoms with Crippen LogP contribution in [0, 0.1) is 19.8 Å². The SMILES string of the molecule is Cc1nc(N)nc(C)c1[C@H]1C=C[C@@H](CO)C1. The largest absolute Gasteiger partial charge is 0.396 e. The van der Waals surface area contributed by atoms with E-state index in [9.17, 15) is 0 Å². The highest BCUT2D eigenvalue weighted by molar-refractivity contribution is 5.37. The second-order valence-corrected chi connectivity index (χ2v) is 4.34. The fraction of sp³-hybridized carbons (Fsp3) is 0.500. The summed E-state index contributed by atoms with van der Waals surface area (Å²) in [5, 5.41) is 9.11. The van der Waals surface area contributed by atoms with E-state index in [1.807, 2.05) is 13.8 Å². The summed E-state index contributed by atoms with van der Waals surface area (Å²) in [6.45, 7) is 4.13. The van der Waals surface area contributed by atoms with Crippen LogP contribution in [0.3, 0.4) is 0 Å². The minimum atomic E-state index is 0.209. The van der Waals surface area contributed by atoms with Crippen LogP contribution in [0.25, 0.3) is 0 Å². The van der Waals surface area contributed by atoms with Gasteiger partial charge in [0.2, 0.25) is 5.95 Å². The van der Waals surface area contributed by atoms with Gasteiger partial charge in [0.25, 0.3) is 0 Å². The van der Waals surface area contributed by atoms with Crippen molar-refractivity contribution in [3.8, 4) is 0 Å². The summed E-state index contributed by atoms with van der Waals surface area (Å²) in [4.78, 5) is 8.40. The van der Waals surface area contributed by atoms with Crippen molar-refractivity contribution in [2.75, 3.05) is 12.3 Å². The van der Waals surface area contributed by atoms with Crippen molar-refractivity contribution >= 4 is 5.95 Å². The van der Waals surface area contributed by atoms with Gasteiger partial charge in [-0.3, -0.25) is 0 Å². The Hall–Kier alpha value is -1.42. The quantitative estimate of drug-likeness (QED) is 0.736. The molecule has 3 N–H and O–H groups in total. The zero-order valence-electron chi connectivity index (χ0n) is 9.64. The van der Waals surface area contributed by atoms with Gasteiger partial charge < -0.3 is 10.8 Å². The van der Waals surface area contributed by atoms with E-state index in [-0.39, 0.29) is 12.5 Å². The van der Waals surface area contributed by atoms with Crippen molar-refractivity contribution in [1.82, 2.24) is 9.97 Å².